The van der Waals surface area contributed by atoms with Gasteiger partial charge in [0.25, 0.3) is 0 Å². The first-order valence-electron chi connectivity index (χ1n) is 5.19. The predicted octanol–water partition coefficient (Wildman–Crippen LogP) is 0.588. The van der Waals surface area contributed by atoms with E-state index in [0.717, 1.165) is 18.7 Å². The van der Waals surface area contributed by atoms with Crippen molar-refractivity contribution in [2.45, 2.75) is 13.0 Å². The Hall–Kier alpha value is -1.13. The van der Waals surface area contributed by atoms with Crippen LogP contribution in [0, 0.1) is 6.92 Å². The summed E-state index contributed by atoms with van der Waals surface area (Å²) in [6.45, 7) is 4.43. The number of anilines is 1. The SMILES string of the molecule is Cc1cnccc1N1CCOC(CO)C1. The van der Waals surface area contributed by atoms with Gasteiger partial charge in [0.1, 0.15) is 0 Å². The molecule has 1 atom stereocenters. The van der Waals surface area contributed by atoms with Crippen molar-refractivity contribution in [3.05, 3.63) is 24.0 Å². The lowest BCUT2D eigenvalue weighted by molar-refractivity contribution is 0.00353. The molecule has 4 heteroatoms. The van der Waals surface area contributed by atoms with E-state index < -0.39 is 0 Å². The Labute approximate surface area is 89.5 Å². The van der Waals surface area contributed by atoms with Gasteiger partial charge in [0.05, 0.1) is 19.3 Å². The Morgan fingerprint density at radius 3 is 3.27 bits per heavy atom. The lowest BCUT2D eigenvalue weighted by Crippen LogP contribution is -2.44. The topological polar surface area (TPSA) is 45.6 Å². The van der Waals surface area contributed by atoms with E-state index in [1.165, 1.54) is 5.69 Å². The Kier molecular flexibility index (Phi) is 3.18. The molecule has 0 bridgehead atoms. The standard InChI is InChI=1S/C11H16N2O2/c1-9-6-12-3-2-11(9)13-4-5-15-10(7-13)8-14/h2-3,6,10,14H,4-5,7-8H2,1H3. The van der Waals surface area contributed by atoms with E-state index in [0.29, 0.717) is 6.61 Å². The van der Waals surface area contributed by atoms with Gasteiger partial charge in [0.15, 0.2) is 0 Å². The van der Waals surface area contributed by atoms with Crippen molar-refractivity contribution < 1.29 is 9.84 Å². The smallest absolute Gasteiger partial charge is 0.0980 e. The molecule has 0 aliphatic carbocycles. The molecule has 0 amide bonds. The number of ether oxygens (including phenoxy) is 1. The number of aryl methyl sites for hydroxylation is 1. The second kappa shape index (κ2) is 4.59. The fourth-order valence-corrected chi connectivity index (χ4v) is 1.87. The number of rotatable bonds is 2. The summed E-state index contributed by atoms with van der Waals surface area (Å²) in [5.41, 5.74) is 2.35. The molecule has 1 aliphatic rings. The first kappa shape index (κ1) is 10.4. The Bertz CT molecular complexity index is 330. The maximum atomic E-state index is 9.06. The number of hydrogen-bond acceptors (Lipinski definition) is 4. The fourth-order valence-electron chi connectivity index (χ4n) is 1.87. The third kappa shape index (κ3) is 2.27. The second-order valence-corrected chi connectivity index (χ2v) is 3.78. The minimum atomic E-state index is -0.0636. The highest BCUT2D eigenvalue weighted by molar-refractivity contribution is 5.51. The number of pyridine rings is 1. The molecule has 82 valence electrons. The van der Waals surface area contributed by atoms with E-state index in [4.69, 9.17) is 9.84 Å². The van der Waals surface area contributed by atoms with Crippen LogP contribution in [0.2, 0.25) is 0 Å². The van der Waals surface area contributed by atoms with Crippen molar-refractivity contribution in [2.75, 3.05) is 31.2 Å². The zero-order chi connectivity index (χ0) is 10.7. The highest BCUT2D eigenvalue weighted by atomic mass is 16.5. The second-order valence-electron chi connectivity index (χ2n) is 3.78. The summed E-state index contributed by atoms with van der Waals surface area (Å²) in [7, 11) is 0. The molecule has 0 saturated carbocycles. The zero-order valence-corrected chi connectivity index (χ0v) is 8.89. The van der Waals surface area contributed by atoms with Crippen LogP contribution in [0.25, 0.3) is 0 Å². The molecule has 1 aliphatic heterocycles. The van der Waals surface area contributed by atoms with E-state index in [1.54, 1.807) is 6.20 Å². The van der Waals surface area contributed by atoms with E-state index in [9.17, 15) is 0 Å². The van der Waals surface area contributed by atoms with Gasteiger partial charge in [0, 0.05) is 31.2 Å². The van der Waals surface area contributed by atoms with Gasteiger partial charge in [-0.05, 0) is 18.6 Å². The molecule has 2 heterocycles. The van der Waals surface area contributed by atoms with Crippen LogP contribution in [0.15, 0.2) is 18.5 Å². The molecule has 1 aromatic heterocycles. The molecule has 1 unspecified atom stereocenters. The Morgan fingerprint density at radius 2 is 2.53 bits per heavy atom. The summed E-state index contributed by atoms with van der Waals surface area (Å²) in [5.74, 6) is 0. The maximum Gasteiger partial charge on any atom is 0.0980 e. The normalized spacial score (nSPS) is 21.7. The molecule has 1 saturated heterocycles. The number of aliphatic hydroxyl groups excluding tert-OH is 1. The molecule has 1 N–H and O–H groups in total. The molecule has 2 rings (SSSR count). The number of hydrogen-bond donors (Lipinski definition) is 1. The molecular weight excluding hydrogens is 192 g/mol. The Balaban J connectivity index is 2.13. The van der Waals surface area contributed by atoms with E-state index in [2.05, 4.69) is 9.88 Å². The molecular formula is C11H16N2O2. The van der Waals surface area contributed by atoms with Crippen LogP contribution in [-0.2, 0) is 4.74 Å². The van der Waals surface area contributed by atoms with Gasteiger partial charge in [0.2, 0.25) is 0 Å². The highest BCUT2D eigenvalue weighted by Crippen LogP contribution is 2.20. The zero-order valence-electron chi connectivity index (χ0n) is 8.89. The predicted molar refractivity (Wildman–Crippen MR) is 58.0 cm³/mol. The molecule has 1 fully saturated rings. The molecule has 0 aromatic carbocycles. The first-order valence-corrected chi connectivity index (χ1v) is 5.19. The Morgan fingerprint density at radius 1 is 1.67 bits per heavy atom. The number of morpholine rings is 1. The van der Waals surface area contributed by atoms with Crippen LogP contribution in [0.4, 0.5) is 5.69 Å². The van der Waals surface area contributed by atoms with Crippen LogP contribution in [0.1, 0.15) is 5.56 Å². The van der Waals surface area contributed by atoms with Crippen LogP contribution in [0.3, 0.4) is 0 Å². The van der Waals surface area contributed by atoms with Gasteiger partial charge in [-0.3, -0.25) is 4.98 Å². The summed E-state index contributed by atoms with van der Waals surface area (Å²) >= 11 is 0. The molecule has 0 spiro atoms. The first-order chi connectivity index (χ1) is 7.31. The number of nitrogens with zero attached hydrogens (tertiary/aromatic N) is 2. The van der Waals surface area contributed by atoms with E-state index >= 15 is 0 Å². The van der Waals surface area contributed by atoms with Gasteiger partial charge < -0.3 is 14.7 Å². The number of aromatic nitrogens is 1. The summed E-state index contributed by atoms with van der Waals surface area (Å²) in [5, 5.41) is 9.06. The van der Waals surface area contributed by atoms with Crippen LogP contribution in [-0.4, -0.2) is 42.5 Å². The fraction of sp³-hybridized carbons (Fsp3) is 0.545. The average Bonchev–Trinajstić information content (AvgIpc) is 2.30. The van der Waals surface area contributed by atoms with Crippen LogP contribution in [0.5, 0.6) is 0 Å². The van der Waals surface area contributed by atoms with Crippen molar-refractivity contribution in [1.29, 1.82) is 0 Å². The van der Waals surface area contributed by atoms with Crippen LogP contribution < -0.4 is 4.90 Å². The van der Waals surface area contributed by atoms with Crippen molar-refractivity contribution in [1.82, 2.24) is 4.98 Å². The molecule has 4 nitrogen and oxygen atoms in total. The van der Waals surface area contributed by atoms with Crippen molar-refractivity contribution >= 4 is 5.69 Å². The quantitative estimate of drug-likeness (QED) is 0.772. The van der Waals surface area contributed by atoms with Gasteiger partial charge in [-0.1, -0.05) is 0 Å². The minimum Gasteiger partial charge on any atom is -0.394 e. The van der Waals surface area contributed by atoms with Gasteiger partial charge in [-0.25, -0.2) is 0 Å². The summed E-state index contributed by atoms with van der Waals surface area (Å²) in [6, 6.07) is 2.01. The van der Waals surface area contributed by atoms with E-state index in [-0.39, 0.29) is 12.7 Å². The molecule has 0 radical (unpaired) electrons. The van der Waals surface area contributed by atoms with Gasteiger partial charge >= 0.3 is 0 Å². The third-order valence-corrected chi connectivity index (χ3v) is 2.67. The van der Waals surface area contributed by atoms with Crippen molar-refractivity contribution in [2.24, 2.45) is 0 Å². The average molecular weight is 208 g/mol. The van der Waals surface area contributed by atoms with Gasteiger partial charge in [-0.15, -0.1) is 0 Å². The third-order valence-electron chi connectivity index (χ3n) is 2.67. The maximum absolute atomic E-state index is 9.06. The van der Waals surface area contributed by atoms with Crippen molar-refractivity contribution in [3.63, 3.8) is 0 Å². The van der Waals surface area contributed by atoms with Crippen molar-refractivity contribution in [3.8, 4) is 0 Å². The highest BCUT2D eigenvalue weighted by Gasteiger charge is 2.20. The minimum absolute atomic E-state index is 0.0636. The number of aliphatic hydroxyl groups is 1. The summed E-state index contributed by atoms with van der Waals surface area (Å²) < 4.78 is 5.41. The summed E-state index contributed by atoms with van der Waals surface area (Å²) in [4.78, 5) is 6.31. The summed E-state index contributed by atoms with van der Waals surface area (Å²) in [6.07, 6.45) is 3.59. The van der Waals surface area contributed by atoms with E-state index in [1.807, 2.05) is 19.2 Å². The lowest BCUT2D eigenvalue weighted by Gasteiger charge is -2.34. The molecule has 1 aromatic rings. The monoisotopic (exact) mass is 208 g/mol. The largest absolute Gasteiger partial charge is 0.394 e. The molecule has 15 heavy (non-hydrogen) atoms. The lowest BCUT2D eigenvalue weighted by atomic mass is 10.2. The van der Waals surface area contributed by atoms with Crippen LogP contribution >= 0.6 is 0 Å². The van der Waals surface area contributed by atoms with Gasteiger partial charge in [-0.2, -0.15) is 0 Å².